The zero-order valence-electron chi connectivity index (χ0n) is 14.8. The van der Waals surface area contributed by atoms with Crippen LogP contribution in [0, 0.1) is 0 Å². The number of amides is 1. The summed E-state index contributed by atoms with van der Waals surface area (Å²) in [7, 11) is 1.50. The van der Waals surface area contributed by atoms with Crippen molar-refractivity contribution in [3.8, 4) is 0 Å². The Kier molecular flexibility index (Phi) is 8.83. The van der Waals surface area contributed by atoms with Gasteiger partial charge in [-0.25, -0.2) is 10.2 Å². The molecule has 7 nitrogen and oxygen atoms in total. The van der Waals surface area contributed by atoms with Crippen LogP contribution in [0.15, 0.2) is 24.6 Å². The molecule has 0 aromatic carbocycles. The van der Waals surface area contributed by atoms with Crippen LogP contribution in [-0.4, -0.2) is 42.4 Å². The van der Waals surface area contributed by atoms with E-state index in [1.165, 1.54) is 25.3 Å². The van der Waals surface area contributed by atoms with Gasteiger partial charge in [0.2, 0.25) is 0 Å². The molecule has 0 aromatic heterocycles. The third-order valence-electron chi connectivity index (χ3n) is 2.54. The van der Waals surface area contributed by atoms with Gasteiger partial charge in [-0.3, -0.25) is 9.80 Å². The fourth-order valence-electron chi connectivity index (χ4n) is 1.57. The maximum atomic E-state index is 12.0. The molecule has 1 amide bonds. The molecule has 0 rings (SSSR count). The Morgan fingerprint density at radius 2 is 1.96 bits per heavy atom. The normalized spacial score (nSPS) is 12.4. The number of hydrogen-bond donors (Lipinski definition) is 1. The predicted octanol–water partition coefficient (Wildman–Crippen LogP) is 2.74. The Labute approximate surface area is 138 Å². The number of allylic oxidation sites excluding steroid dienone is 1. The van der Waals surface area contributed by atoms with Gasteiger partial charge < -0.3 is 14.2 Å². The molecule has 0 heterocycles. The summed E-state index contributed by atoms with van der Waals surface area (Å²) in [4.78, 5) is 23.1. The topological polar surface area (TPSA) is 77.1 Å². The second-order valence-electron chi connectivity index (χ2n) is 5.89. The molecule has 0 radical (unpaired) electrons. The Hall–Kier alpha value is -2.18. The van der Waals surface area contributed by atoms with Crippen molar-refractivity contribution in [2.45, 2.75) is 52.7 Å². The lowest BCUT2D eigenvalue weighted by Gasteiger charge is -2.30. The van der Waals surface area contributed by atoms with Crippen molar-refractivity contribution in [3.05, 3.63) is 24.6 Å². The van der Waals surface area contributed by atoms with Gasteiger partial charge in [0, 0.05) is 6.92 Å². The van der Waals surface area contributed by atoms with Crippen LogP contribution < -0.4 is 5.43 Å². The second-order valence-corrected chi connectivity index (χ2v) is 5.89. The van der Waals surface area contributed by atoms with Gasteiger partial charge in [-0.05, 0) is 33.3 Å². The third kappa shape index (κ3) is 10.2. The van der Waals surface area contributed by atoms with Crippen LogP contribution in [0.5, 0.6) is 0 Å². The van der Waals surface area contributed by atoms with E-state index in [-0.39, 0.29) is 12.5 Å². The summed E-state index contributed by atoms with van der Waals surface area (Å²) < 4.78 is 15.3. The molecule has 1 atom stereocenters. The summed E-state index contributed by atoms with van der Waals surface area (Å²) in [6.07, 6.45) is 2.58. The first-order chi connectivity index (χ1) is 10.6. The minimum atomic E-state index is -0.625. The Balaban J connectivity index is 5.00. The molecule has 7 heteroatoms. The minimum absolute atomic E-state index is 0.238. The molecule has 0 spiro atoms. The molecular weight excluding hydrogens is 300 g/mol. The van der Waals surface area contributed by atoms with Crippen LogP contribution in [-0.2, 0) is 19.0 Å². The smallest absolute Gasteiger partial charge is 0.426 e. The van der Waals surface area contributed by atoms with E-state index in [0.717, 1.165) is 0 Å². The van der Waals surface area contributed by atoms with Crippen molar-refractivity contribution in [2.75, 3.05) is 13.7 Å². The number of nitrogens with one attached hydrogen (secondary N) is 1. The average molecular weight is 328 g/mol. The highest BCUT2D eigenvalue weighted by molar-refractivity contribution is 5.67. The van der Waals surface area contributed by atoms with Gasteiger partial charge in [-0.1, -0.05) is 13.5 Å². The maximum absolute atomic E-state index is 12.0. The summed E-state index contributed by atoms with van der Waals surface area (Å²) >= 11 is 0. The lowest BCUT2D eigenvalue weighted by atomic mass is 10.2. The zero-order chi connectivity index (χ0) is 18.0. The molecule has 0 aliphatic rings. The molecule has 23 heavy (non-hydrogen) atoms. The monoisotopic (exact) mass is 328 g/mol. The van der Waals surface area contributed by atoms with Crippen LogP contribution in [0.3, 0.4) is 0 Å². The van der Waals surface area contributed by atoms with Crippen molar-refractivity contribution in [3.63, 3.8) is 0 Å². The fourth-order valence-corrected chi connectivity index (χ4v) is 1.57. The van der Waals surface area contributed by atoms with E-state index in [9.17, 15) is 9.59 Å². The van der Waals surface area contributed by atoms with Gasteiger partial charge in [0.25, 0.3) is 0 Å². The molecular formula is C16H28N2O5. The number of carbonyl (C=O) groups is 2. The summed E-state index contributed by atoms with van der Waals surface area (Å²) in [5.41, 5.74) is 2.43. The number of methoxy groups -OCH3 is 1. The summed E-state index contributed by atoms with van der Waals surface area (Å²) in [5.74, 6) is -0.382. The number of rotatable bonds is 8. The predicted molar refractivity (Wildman–Crippen MR) is 87.2 cm³/mol. The van der Waals surface area contributed by atoms with E-state index in [1.54, 1.807) is 26.8 Å². The minimum Gasteiger partial charge on any atom is -0.504 e. The van der Waals surface area contributed by atoms with Gasteiger partial charge in [0.15, 0.2) is 0 Å². The van der Waals surface area contributed by atoms with Crippen LogP contribution in [0.25, 0.3) is 0 Å². The van der Waals surface area contributed by atoms with Crippen LogP contribution >= 0.6 is 0 Å². The number of nitrogens with zero attached hydrogens (tertiary/aromatic N) is 1. The second kappa shape index (κ2) is 9.76. The number of ether oxygens (including phenoxy) is 3. The summed E-state index contributed by atoms with van der Waals surface area (Å²) in [5, 5.41) is 1.46. The van der Waals surface area contributed by atoms with E-state index < -0.39 is 17.8 Å². The Morgan fingerprint density at radius 3 is 2.39 bits per heavy atom. The Bertz CT molecular complexity index is 440. The maximum Gasteiger partial charge on any atom is 0.426 e. The van der Waals surface area contributed by atoms with E-state index in [2.05, 4.69) is 12.0 Å². The quantitative estimate of drug-likeness (QED) is 0.319. The summed E-state index contributed by atoms with van der Waals surface area (Å²) in [6.45, 7) is 12.6. The first-order valence-corrected chi connectivity index (χ1v) is 7.41. The lowest BCUT2D eigenvalue weighted by molar-refractivity contribution is -0.147. The van der Waals surface area contributed by atoms with Crippen molar-refractivity contribution >= 4 is 12.1 Å². The van der Waals surface area contributed by atoms with Crippen molar-refractivity contribution in [2.24, 2.45) is 0 Å². The number of carbonyl (C=O) groups excluding carboxylic acids is 2. The van der Waals surface area contributed by atoms with Crippen molar-refractivity contribution in [1.29, 1.82) is 0 Å². The van der Waals surface area contributed by atoms with Gasteiger partial charge in [0.1, 0.15) is 11.7 Å². The van der Waals surface area contributed by atoms with Crippen molar-refractivity contribution in [1.82, 2.24) is 10.4 Å². The van der Waals surface area contributed by atoms with E-state index in [0.29, 0.717) is 12.1 Å². The number of esters is 1. The lowest BCUT2D eigenvalue weighted by Crippen LogP contribution is -2.47. The molecule has 1 unspecified atom stereocenters. The fraction of sp³-hybridized carbons (Fsp3) is 0.625. The molecule has 0 saturated heterocycles. The molecule has 0 saturated carbocycles. The largest absolute Gasteiger partial charge is 0.504 e. The first-order valence-electron chi connectivity index (χ1n) is 7.41. The van der Waals surface area contributed by atoms with E-state index in [1.807, 2.05) is 6.92 Å². The molecule has 0 aromatic rings. The number of hydrazine groups is 1. The van der Waals surface area contributed by atoms with Crippen LogP contribution in [0.1, 0.15) is 41.0 Å². The average Bonchev–Trinajstić information content (AvgIpc) is 2.40. The molecule has 0 fully saturated rings. The highest BCUT2D eigenvalue weighted by Gasteiger charge is 2.21. The molecule has 132 valence electrons. The van der Waals surface area contributed by atoms with E-state index in [4.69, 9.17) is 14.2 Å². The highest BCUT2D eigenvalue weighted by atomic mass is 16.6. The molecule has 0 aliphatic heterocycles. The zero-order valence-corrected chi connectivity index (χ0v) is 14.8. The Morgan fingerprint density at radius 1 is 1.35 bits per heavy atom. The van der Waals surface area contributed by atoms with E-state index >= 15 is 0 Å². The van der Waals surface area contributed by atoms with Crippen molar-refractivity contribution < 1.29 is 23.8 Å². The number of hydrogen-bond acceptors (Lipinski definition) is 6. The first kappa shape index (κ1) is 20.8. The van der Waals surface area contributed by atoms with Crippen LogP contribution in [0.4, 0.5) is 4.79 Å². The molecule has 0 bridgehead atoms. The third-order valence-corrected chi connectivity index (χ3v) is 2.54. The van der Waals surface area contributed by atoms with Gasteiger partial charge in [-0.15, -0.1) is 0 Å². The summed E-state index contributed by atoms with van der Waals surface area (Å²) in [6, 6.07) is 0. The van der Waals surface area contributed by atoms with Gasteiger partial charge in [0.05, 0.1) is 25.6 Å². The highest BCUT2D eigenvalue weighted by Crippen LogP contribution is 2.10. The molecule has 0 aliphatic carbocycles. The SMILES string of the molecule is C=C(/C=C\OC)N(CC(CC)OC(C)=O)NC(=O)OC(C)(C)C. The van der Waals surface area contributed by atoms with Crippen LogP contribution in [0.2, 0.25) is 0 Å². The van der Waals surface area contributed by atoms with Gasteiger partial charge in [-0.2, -0.15) is 0 Å². The standard InChI is InChI=1S/C16H28N2O5/c1-8-14(22-13(3)19)11-18(12(2)9-10-21-7)17-15(20)23-16(4,5)6/h9-10,14H,2,8,11H2,1,3-7H3,(H,17,20)/b10-9-. The molecule has 1 N–H and O–H groups in total. The van der Waals surface area contributed by atoms with Gasteiger partial charge >= 0.3 is 12.1 Å².